The number of nitrogens with zero attached hydrogens (tertiary/aromatic N) is 3. The Balaban J connectivity index is 2.21. The van der Waals surface area contributed by atoms with Gasteiger partial charge in [-0.3, -0.25) is 14.6 Å². The highest BCUT2D eigenvalue weighted by Crippen LogP contribution is 2.30. The van der Waals surface area contributed by atoms with Crippen LogP contribution >= 0.6 is 0 Å². The fourth-order valence-corrected chi connectivity index (χ4v) is 1.82. The third kappa shape index (κ3) is 2.81. The molecule has 0 unspecified atom stereocenters. The summed E-state index contributed by atoms with van der Waals surface area (Å²) in [7, 11) is 0. The second-order valence-corrected chi connectivity index (χ2v) is 4.15. The average molecular weight is 289 g/mol. The minimum Gasteiger partial charge on any atom is -0.465 e. The summed E-state index contributed by atoms with van der Waals surface area (Å²) in [5, 5.41) is 8.75. The standard InChI is InChI=1S/C11H10F3N3O3/c12-11(13,14)7-1-2-15-8(5-7)17-4-3-16(10(19)20)6-9(17)18/h1-2,5H,3-4,6H2,(H,19,20). The molecule has 108 valence electrons. The Morgan fingerprint density at radius 1 is 1.35 bits per heavy atom. The van der Waals surface area contributed by atoms with Crippen molar-refractivity contribution in [1.29, 1.82) is 0 Å². The predicted molar refractivity (Wildman–Crippen MR) is 61.2 cm³/mol. The van der Waals surface area contributed by atoms with Crippen LogP contribution in [-0.4, -0.2) is 46.6 Å². The molecule has 0 saturated carbocycles. The molecule has 1 fully saturated rings. The number of carboxylic acid groups (broad SMARTS) is 1. The molecule has 2 heterocycles. The van der Waals surface area contributed by atoms with Crippen LogP contribution in [0.25, 0.3) is 0 Å². The van der Waals surface area contributed by atoms with Crippen LogP contribution in [0.5, 0.6) is 0 Å². The van der Waals surface area contributed by atoms with Crippen molar-refractivity contribution in [2.24, 2.45) is 0 Å². The Labute approximate surface area is 111 Å². The molecule has 9 heteroatoms. The summed E-state index contributed by atoms with van der Waals surface area (Å²) < 4.78 is 37.7. The zero-order valence-corrected chi connectivity index (χ0v) is 10.1. The monoisotopic (exact) mass is 289 g/mol. The first-order chi connectivity index (χ1) is 9.29. The molecule has 0 aromatic carbocycles. The molecule has 1 saturated heterocycles. The predicted octanol–water partition coefficient (Wildman–Crippen LogP) is 1.43. The molecule has 1 aliphatic rings. The number of hydrogen-bond donors (Lipinski definition) is 1. The normalized spacial score (nSPS) is 16.4. The lowest BCUT2D eigenvalue weighted by molar-refractivity contribution is -0.137. The fourth-order valence-electron chi connectivity index (χ4n) is 1.82. The first kappa shape index (κ1) is 14.1. The Morgan fingerprint density at radius 3 is 2.60 bits per heavy atom. The molecule has 1 aromatic heterocycles. The van der Waals surface area contributed by atoms with E-state index in [9.17, 15) is 22.8 Å². The number of carbonyl (C=O) groups is 2. The smallest absolute Gasteiger partial charge is 0.416 e. The molecule has 2 amide bonds. The highest BCUT2D eigenvalue weighted by atomic mass is 19.4. The topological polar surface area (TPSA) is 73.7 Å². The van der Waals surface area contributed by atoms with Crippen molar-refractivity contribution in [2.75, 3.05) is 24.5 Å². The van der Waals surface area contributed by atoms with E-state index in [-0.39, 0.29) is 18.9 Å². The van der Waals surface area contributed by atoms with Crippen LogP contribution in [0, 0.1) is 0 Å². The highest BCUT2D eigenvalue weighted by molar-refractivity contribution is 5.96. The van der Waals surface area contributed by atoms with Crippen molar-refractivity contribution in [1.82, 2.24) is 9.88 Å². The van der Waals surface area contributed by atoms with E-state index < -0.39 is 30.3 Å². The molecule has 1 aromatic rings. The Hall–Kier alpha value is -2.32. The van der Waals surface area contributed by atoms with Crippen molar-refractivity contribution in [2.45, 2.75) is 6.18 Å². The van der Waals surface area contributed by atoms with Crippen molar-refractivity contribution >= 4 is 17.8 Å². The summed E-state index contributed by atoms with van der Waals surface area (Å²) in [6.45, 7) is -0.397. The van der Waals surface area contributed by atoms with Crippen LogP contribution in [-0.2, 0) is 11.0 Å². The quantitative estimate of drug-likeness (QED) is 0.848. The molecule has 0 bridgehead atoms. The number of halogens is 3. The molecule has 1 N–H and O–H groups in total. The van der Waals surface area contributed by atoms with Gasteiger partial charge in [0.15, 0.2) is 0 Å². The molecule has 20 heavy (non-hydrogen) atoms. The minimum atomic E-state index is -4.52. The van der Waals surface area contributed by atoms with Gasteiger partial charge in [-0.2, -0.15) is 13.2 Å². The first-order valence-electron chi connectivity index (χ1n) is 5.60. The van der Waals surface area contributed by atoms with E-state index in [4.69, 9.17) is 5.11 Å². The molecular weight excluding hydrogens is 279 g/mol. The molecule has 6 nitrogen and oxygen atoms in total. The van der Waals surface area contributed by atoms with Gasteiger partial charge >= 0.3 is 12.3 Å². The van der Waals surface area contributed by atoms with Gasteiger partial charge in [-0.25, -0.2) is 9.78 Å². The first-order valence-corrected chi connectivity index (χ1v) is 5.60. The van der Waals surface area contributed by atoms with E-state index in [0.29, 0.717) is 0 Å². The summed E-state index contributed by atoms with van der Waals surface area (Å²) in [5.41, 5.74) is -0.907. The number of amides is 2. The van der Waals surface area contributed by atoms with Crippen LogP contribution in [0.1, 0.15) is 5.56 Å². The van der Waals surface area contributed by atoms with Gasteiger partial charge in [0.05, 0.1) is 5.56 Å². The third-order valence-electron chi connectivity index (χ3n) is 2.84. The Kier molecular flexibility index (Phi) is 3.51. The molecule has 0 radical (unpaired) electrons. The van der Waals surface area contributed by atoms with E-state index >= 15 is 0 Å². The molecule has 0 spiro atoms. The van der Waals surface area contributed by atoms with E-state index in [1.165, 1.54) is 0 Å². The van der Waals surface area contributed by atoms with Crippen molar-refractivity contribution < 1.29 is 27.9 Å². The highest BCUT2D eigenvalue weighted by Gasteiger charge is 2.33. The summed E-state index contributed by atoms with van der Waals surface area (Å²) >= 11 is 0. The van der Waals surface area contributed by atoms with Gasteiger partial charge in [0.1, 0.15) is 12.4 Å². The van der Waals surface area contributed by atoms with Crippen LogP contribution in [0.15, 0.2) is 18.3 Å². The number of aromatic nitrogens is 1. The van der Waals surface area contributed by atoms with Gasteiger partial charge in [-0.1, -0.05) is 0 Å². The van der Waals surface area contributed by atoms with Gasteiger partial charge < -0.3 is 5.11 Å². The third-order valence-corrected chi connectivity index (χ3v) is 2.84. The van der Waals surface area contributed by atoms with Crippen LogP contribution in [0.4, 0.5) is 23.8 Å². The van der Waals surface area contributed by atoms with E-state index in [2.05, 4.69) is 4.98 Å². The number of rotatable bonds is 1. The van der Waals surface area contributed by atoms with Crippen LogP contribution < -0.4 is 4.90 Å². The fraction of sp³-hybridized carbons (Fsp3) is 0.364. The lowest BCUT2D eigenvalue weighted by Crippen LogP contribution is -2.52. The molecule has 0 aliphatic carbocycles. The zero-order chi connectivity index (χ0) is 14.9. The van der Waals surface area contributed by atoms with Gasteiger partial charge in [0.25, 0.3) is 0 Å². The van der Waals surface area contributed by atoms with Gasteiger partial charge in [0, 0.05) is 19.3 Å². The number of hydrogen-bond acceptors (Lipinski definition) is 3. The number of anilines is 1. The van der Waals surface area contributed by atoms with Gasteiger partial charge in [-0.15, -0.1) is 0 Å². The molecular formula is C11H10F3N3O3. The summed E-state index contributed by atoms with van der Waals surface area (Å²) in [4.78, 5) is 28.2. The lowest BCUT2D eigenvalue weighted by Gasteiger charge is -2.32. The molecule has 1 aliphatic heterocycles. The summed E-state index contributed by atoms with van der Waals surface area (Å²) in [6, 6.07) is 1.58. The molecule has 0 atom stereocenters. The van der Waals surface area contributed by atoms with Crippen LogP contribution in [0.3, 0.4) is 0 Å². The Bertz CT molecular complexity index is 547. The van der Waals surface area contributed by atoms with Crippen molar-refractivity contribution in [3.63, 3.8) is 0 Å². The number of carbonyl (C=O) groups excluding carboxylic acids is 1. The number of alkyl halides is 3. The van der Waals surface area contributed by atoms with Crippen LogP contribution in [0.2, 0.25) is 0 Å². The van der Waals surface area contributed by atoms with Gasteiger partial charge in [-0.05, 0) is 12.1 Å². The SMILES string of the molecule is O=C(O)N1CCN(c2cc(C(F)(F)F)ccn2)C(=O)C1. The number of piperazine rings is 1. The maximum atomic E-state index is 12.6. The summed E-state index contributed by atoms with van der Waals surface area (Å²) in [5.74, 6) is -0.736. The maximum Gasteiger partial charge on any atom is 0.416 e. The second-order valence-electron chi connectivity index (χ2n) is 4.15. The average Bonchev–Trinajstić information content (AvgIpc) is 2.37. The second kappa shape index (κ2) is 4.99. The minimum absolute atomic E-state index is 0.0268. The zero-order valence-electron chi connectivity index (χ0n) is 10.1. The lowest BCUT2D eigenvalue weighted by atomic mass is 10.2. The largest absolute Gasteiger partial charge is 0.465 e. The van der Waals surface area contributed by atoms with Crippen molar-refractivity contribution in [3.8, 4) is 0 Å². The Morgan fingerprint density at radius 2 is 2.05 bits per heavy atom. The van der Waals surface area contributed by atoms with Gasteiger partial charge in [0.2, 0.25) is 5.91 Å². The number of pyridine rings is 1. The molecule has 2 rings (SSSR count). The summed E-state index contributed by atoms with van der Waals surface area (Å²) in [6.07, 6.45) is -4.80. The van der Waals surface area contributed by atoms with E-state index in [0.717, 1.165) is 28.1 Å². The van der Waals surface area contributed by atoms with Crippen molar-refractivity contribution in [3.05, 3.63) is 23.9 Å². The van der Waals surface area contributed by atoms with E-state index in [1.54, 1.807) is 0 Å². The maximum absolute atomic E-state index is 12.6. The van der Waals surface area contributed by atoms with E-state index in [1.807, 2.05) is 0 Å².